The summed E-state index contributed by atoms with van der Waals surface area (Å²) in [6, 6.07) is 12.5. The van der Waals surface area contributed by atoms with Gasteiger partial charge in [0.05, 0.1) is 18.6 Å². The highest BCUT2D eigenvalue weighted by Gasteiger charge is 2.10. The minimum atomic E-state index is -0.128. The number of anilines is 2. The second-order valence-corrected chi connectivity index (χ2v) is 7.34. The summed E-state index contributed by atoms with van der Waals surface area (Å²) < 4.78 is 5.33. The average molecular weight is 407 g/mol. The van der Waals surface area contributed by atoms with E-state index in [0.717, 1.165) is 17.7 Å². The number of nitrogens with one attached hydrogen (secondary N) is 2. The van der Waals surface area contributed by atoms with E-state index in [1.54, 1.807) is 30.3 Å². The molecule has 0 spiro atoms. The molecule has 0 bridgehead atoms. The molecule has 7 heteroatoms. The van der Waals surface area contributed by atoms with E-state index >= 15 is 0 Å². The maximum atomic E-state index is 12.2. The number of amides is 2. The van der Waals surface area contributed by atoms with Gasteiger partial charge in [-0.1, -0.05) is 24.9 Å². The number of halogens is 1. The molecule has 0 unspecified atom stereocenters. The molecule has 144 valence electrons. The number of hydrogen-bond donors (Lipinski definition) is 2. The van der Waals surface area contributed by atoms with Crippen LogP contribution >= 0.6 is 23.4 Å². The Kier molecular flexibility index (Phi) is 8.48. The number of hydrogen-bond acceptors (Lipinski definition) is 4. The number of ether oxygens (including phenoxy) is 1. The summed E-state index contributed by atoms with van der Waals surface area (Å²) in [6.07, 6.45) is 2.27. The van der Waals surface area contributed by atoms with Crippen molar-refractivity contribution in [1.82, 2.24) is 0 Å². The number of benzene rings is 2. The highest BCUT2D eigenvalue weighted by Crippen LogP contribution is 2.28. The molecule has 0 aliphatic rings. The van der Waals surface area contributed by atoms with E-state index in [0.29, 0.717) is 28.6 Å². The van der Waals surface area contributed by atoms with Crippen LogP contribution in [0.2, 0.25) is 5.02 Å². The first-order valence-electron chi connectivity index (χ1n) is 8.68. The first kappa shape index (κ1) is 21.1. The Bertz CT molecular complexity index is 781. The molecule has 2 aromatic rings. The van der Waals surface area contributed by atoms with Crippen LogP contribution in [0.15, 0.2) is 47.4 Å². The lowest BCUT2D eigenvalue weighted by atomic mass is 10.2. The van der Waals surface area contributed by atoms with Gasteiger partial charge in [0.2, 0.25) is 11.8 Å². The molecular weight excluding hydrogens is 384 g/mol. The zero-order chi connectivity index (χ0) is 19.6. The second kappa shape index (κ2) is 10.8. The van der Waals surface area contributed by atoms with Gasteiger partial charge in [-0.3, -0.25) is 9.59 Å². The summed E-state index contributed by atoms with van der Waals surface area (Å²) >= 11 is 7.28. The minimum absolute atomic E-state index is 0.0497. The smallest absolute Gasteiger partial charge is 0.234 e. The van der Waals surface area contributed by atoms with Crippen molar-refractivity contribution in [2.75, 3.05) is 23.5 Å². The van der Waals surface area contributed by atoms with E-state index in [2.05, 4.69) is 10.6 Å². The Labute approximate surface area is 168 Å². The van der Waals surface area contributed by atoms with Crippen molar-refractivity contribution in [3.8, 4) is 5.75 Å². The monoisotopic (exact) mass is 406 g/mol. The highest BCUT2D eigenvalue weighted by atomic mass is 35.5. The number of methoxy groups -OCH3 is 1. The fraction of sp³-hybridized carbons (Fsp3) is 0.300. The van der Waals surface area contributed by atoms with Gasteiger partial charge in [-0.2, -0.15) is 0 Å². The molecule has 0 aliphatic carbocycles. The molecule has 2 aromatic carbocycles. The minimum Gasteiger partial charge on any atom is -0.494 e. The number of carbonyl (C=O) groups is 2. The normalized spacial score (nSPS) is 10.3. The van der Waals surface area contributed by atoms with Crippen molar-refractivity contribution < 1.29 is 14.3 Å². The number of carbonyl (C=O) groups excluding carboxylic acids is 2. The van der Waals surface area contributed by atoms with E-state index in [4.69, 9.17) is 16.3 Å². The molecule has 27 heavy (non-hydrogen) atoms. The summed E-state index contributed by atoms with van der Waals surface area (Å²) in [5.74, 6) is 0.602. The summed E-state index contributed by atoms with van der Waals surface area (Å²) in [5.41, 5.74) is 1.20. The quantitative estimate of drug-likeness (QED) is 0.561. The predicted molar refractivity (Wildman–Crippen MR) is 112 cm³/mol. The molecule has 5 nitrogen and oxygen atoms in total. The van der Waals surface area contributed by atoms with Crippen LogP contribution in [0.25, 0.3) is 0 Å². The average Bonchev–Trinajstić information content (AvgIpc) is 2.67. The molecule has 0 heterocycles. The lowest BCUT2D eigenvalue weighted by Gasteiger charge is -2.12. The van der Waals surface area contributed by atoms with Crippen molar-refractivity contribution in [1.29, 1.82) is 0 Å². The van der Waals surface area contributed by atoms with E-state index in [-0.39, 0.29) is 17.6 Å². The summed E-state index contributed by atoms with van der Waals surface area (Å²) in [5, 5.41) is 6.34. The van der Waals surface area contributed by atoms with Gasteiger partial charge in [0.15, 0.2) is 0 Å². The van der Waals surface area contributed by atoms with Crippen molar-refractivity contribution >= 4 is 46.6 Å². The maximum absolute atomic E-state index is 12.2. The van der Waals surface area contributed by atoms with E-state index < -0.39 is 0 Å². The Balaban J connectivity index is 1.92. The van der Waals surface area contributed by atoms with Crippen LogP contribution in [-0.4, -0.2) is 24.7 Å². The van der Waals surface area contributed by atoms with Gasteiger partial charge in [0.1, 0.15) is 5.75 Å². The van der Waals surface area contributed by atoms with Crippen LogP contribution in [0, 0.1) is 0 Å². The van der Waals surface area contributed by atoms with Crippen LogP contribution < -0.4 is 15.4 Å². The van der Waals surface area contributed by atoms with Crippen LogP contribution in [-0.2, 0) is 9.59 Å². The molecule has 0 atom stereocenters. The van der Waals surface area contributed by atoms with Gasteiger partial charge >= 0.3 is 0 Å². The molecule has 0 aromatic heterocycles. The van der Waals surface area contributed by atoms with E-state index in [1.165, 1.54) is 18.9 Å². The molecule has 0 saturated heterocycles. The summed E-state index contributed by atoms with van der Waals surface area (Å²) in [6.45, 7) is 2.04. The Morgan fingerprint density at radius 2 is 1.81 bits per heavy atom. The first-order chi connectivity index (χ1) is 13.0. The third kappa shape index (κ3) is 7.15. The summed E-state index contributed by atoms with van der Waals surface area (Å²) in [7, 11) is 1.53. The van der Waals surface area contributed by atoms with Crippen molar-refractivity contribution in [2.45, 2.75) is 31.1 Å². The molecule has 0 saturated carbocycles. The third-order valence-electron chi connectivity index (χ3n) is 3.70. The fourth-order valence-corrected chi connectivity index (χ4v) is 3.12. The standard InChI is InChI=1S/C20H23ClN2O3S/c1-3-4-5-19(24)23-17-11-8-15(12-18(17)26-2)22-20(25)13-27-16-9-6-14(21)7-10-16/h6-12H,3-5,13H2,1-2H3,(H,22,25)(H,23,24). The summed E-state index contributed by atoms with van der Waals surface area (Å²) in [4.78, 5) is 25.0. The van der Waals surface area contributed by atoms with Gasteiger partial charge in [-0.15, -0.1) is 11.8 Å². The fourth-order valence-electron chi connectivity index (χ4n) is 2.30. The molecule has 2 amide bonds. The lowest BCUT2D eigenvalue weighted by Crippen LogP contribution is -2.15. The van der Waals surface area contributed by atoms with Gasteiger partial charge in [0, 0.05) is 28.1 Å². The van der Waals surface area contributed by atoms with E-state index in [9.17, 15) is 9.59 Å². The maximum Gasteiger partial charge on any atom is 0.234 e. The van der Waals surface area contributed by atoms with Crippen LogP contribution in [0.3, 0.4) is 0 Å². The van der Waals surface area contributed by atoms with Gasteiger partial charge in [0.25, 0.3) is 0 Å². The molecule has 0 radical (unpaired) electrons. The largest absolute Gasteiger partial charge is 0.494 e. The van der Waals surface area contributed by atoms with Crippen molar-refractivity contribution in [3.05, 3.63) is 47.5 Å². The lowest BCUT2D eigenvalue weighted by molar-refractivity contribution is -0.116. The van der Waals surface area contributed by atoms with Crippen LogP contribution in [0.4, 0.5) is 11.4 Å². The van der Waals surface area contributed by atoms with Crippen LogP contribution in [0.5, 0.6) is 5.75 Å². The topological polar surface area (TPSA) is 67.4 Å². The Hall–Kier alpha value is -2.18. The van der Waals surface area contributed by atoms with Gasteiger partial charge < -0.3 is 15.4 Å². The molecule has 0 aliphatic heterocycles. The number of rotatable bonds is 9. The number of unbranched alkanes of at least 4 members (excludes halogenated alkanes) is 1. The zero-order valence-electron chi connectivity index (χ0n) is 15.4. The van der Waals surface area contributed by atoms with Gasteiger partial charge in [-0.25, -0.2) is 0 Å². The molecule has 2 rings (SSSR count). The van der Waals surface area contributed by atoms with E-state index in [1.807, 2.05) is 19.1 Å². The van der Waals surface area contributed by atoms with Gasteiger partial charge in [-0.05, 0) is 42.8 Å². The Morgan fingerprint density at radius 3 is 2.48 bits per heavy atom. The number of thioether (sulfide) groups is 1. The second-order valence-electron chi connectivity index (χ2n) is 5.86. The van der Waals surface area contributed by atoms with Crippen molar-refractivity contribution in [2.24, 2.45) is 0 Å². The predicted octanol–water partition coefficient (Wildman–Crippen LogP) is 5.21. The highest BCUT2D eigenvalue weighted by molar-refractivity contribution is 8.00. The SMILES string of the molecule is CCCCC(=O)Nc1ccc(NC(=O)CSc2ccc(Cl)cc2)cc1OC. The molecular formula is C20H23ClN2O3S. The van der Waals surface area contributed by atoms with Crippen LogP contribution in [0.1, 0.15) is 26.2 Å². The molecule has 2 N–H and O–H groups in total. The first-order valence-corrected chi connectivity index (χ1v) is 10.0. The molecule has 0 fully saturated rings. The van der Waals surface area contributed by atoms with Crippen molar-refractivity contribution in [3.63, 3.8) is 0 Å². The third-order valence-corrected chi connectivity index (χ3v) is 4.96. The Morgan fingerprint density at radius 1 is 1.07 bits per heavy atom. The zero-order valence-corrected chi connectivity index (χ0v) is 17.0.